The molecule has 29 heavy (non-hydrogen) atoms. The lowest BCUT2D eigenvalue weighted by molar-refractivity contribution is -0.130. The molecule has 6 nitrogen and oxygen atoms in total. The molecule has 0 unspecified atom stereocenters. The number of nitrogens with one attached hydrogen (secondary N) is 1. The Morgan fingerprint density at radius 2 is 1.83 bits per heavy atom. The average molecular weight is 395 g/mol. The van der Waals surface area contributed by atoms with E-state index in [1.165, 1.54) is 16.4 Å². The molecule has 3 aromatic rings. The Labute approximate surface area is 170 Å². The molecular formula is C22H26FN5O. The summed E-state index contributed by atoms with van der Waals surface area (Å²) in [5, 5.41) is 15.4. The Hall–Kier alpha value is -3.09. The van der Waals surface area contributed by atoms with E-state index in [2.05, 4.69) is 46.7 Å². The minimum absolute atomic E-state index is 0.132. The van der Waals surface area contributed by atoms with E-state index in [1.54, 1.807) is 32.0 Å². The Balaban J connectivity index is 1.64. The SMILES string of the molecule is CC(C)c1ccc(-c2nnn(CC(C)(C)C(=O)NCc3ccccc3F)n2)cc1. The standard InChI is InChI=1S/C22H26FN5O/c1-15(2)16-9-11-17(12-10-16)20-25-27-28(26-20)14-22(3,4)21(29)24-13-18-7-5-6-8-19(18)23/h5-12,15H,13-14H2,1-4H3,(H,24,29). The van der Waals surface area contributed by atoms with Gasteiger partial charge in [0.2, 0.25) is 11.7 Å². The highest BCUT2D eigenvalue weighted by atomic mass is 19.1. The molecule has 0 bridgehead atoms. The van der Waals surface area contributed by atoms with Gasteiger partial charge in [0.15, 0.2) is 0 Å². The van der Waals surface area contributed by atoms with E-state index in [0.717, 1.165) is 5.56 Å². The van der Waals surface area contributed by atoms with Gasteiger partial charge in [-0.2, -0.15) is 4.80 Å². The predicted octanol–water partition coefficient (Wildman–Crippen LogP) is 3.95. The molecule has 1 N–H and O–H groups in total. The zero-order valence-electron chi connectivity index (χ0n) is 17.2. The second-order valence-electron chi connectivity index (χ2n) is 8.08. The minimum Gasteiger partial charge on any atom is -0.351 e. The van der Waals surface area contributed by atoms with Gasteiger partial charge in [0, 0.05) is 17.7 Å². The van der Waals surface area contributed by atoms with Crippen molar-refractivity contribution in [2.75, 3.05) is 0 Å². The number of nitrogens with zero attached hydrogens (tertiary/aromatic N) is 4. The van der Waals surface area contributed by atoms with Crippen LogP contribution in [0.1, 0.15) is 44.7 Å². The minimum atomic E-state index is -0.787. The number of carbonyl (C=O) groups is 1. The Morgan fingerprint density at radius 1 is 1.14 bits per heavy atom. The number of hydrogen-bond acceptors (Lipinski definition) is 4. The van der Waals surface area contributed by atoms with E-state index >= 15 is 0 Å². The van der Waals surface area contributed by atoms with E-state index in [4.69, 9.17) is 0 Å². The maximum Gasteiger partial charge on any atom is 0.227 e. The van der Waals surface area contributed by atoms with Crippen LogP contribution in [0.3, 0.4) is 0 Å². The van der Waals surface area contributed by atoms with Crippen molar-refractivity contribution in [3.8, 4) is 11.4 Å². The Morgan fingerprint density at radius 3 is 2.48 bits per heavy atom. The van der Waals surface area contributed by atoms with Gasteiger partial charge in [-0.25, -0.2) is 4.39 Å². The van der Waals surface area contributed by atoms with Gasteiger partial charge >= 0.3 is 0 Å². The van der Waals surface area contributed by atoms with Crippen molar-refractivity contribution in [2.24, 2.45) is 5.41 Å². The molecule has 0 spiro atoms. The van der Waals surface area contributed by atoms with E-state index in [9.17, 15) is 9.18 Å². The van der Waals surface area contributed by atoms with Crippen molar-refractivity contribution < 1.29 is 9.18 Å². The van der Waals surface area contributed by atoms with Crippen LogP contribution >= 0.6 is 0 Å². The highest BCUT2D eigenvalue weighted by Gasteiger charge is 2.29. The van der Waals surface area contributed by atoms with E-state index in [1.807, 2.05) is 12.1 Å². The van der Waals surface area contributed by atoms with Gasteiger partial charge in [-0.3, -0.25) is 4.79 Å². The lowest BCUT2D eigenvalue weighted by Crippen LogP contribution is -2.40. The number of halogens is 1. The number of hydrogen-bond donors (Lipinski definition) is 1. The molecule has 152 valence electrons. The van der Waals surface area contributed by atoms with E-state index in [-0.39, 0.29) is 24.8 Å². The van der Waals surface area contributed by atoms with Crippen LogP contribution < -0.4 is 5.32 Å². The molecular weight excluding hydrogens is 369 g/mol. The normalized spacial score (nSPS) is 11.7. The topological polar surface area (TPSA) is 72.7 Å². The van der Waals surface area contributed by atoms with Gasteiger partial charge in [-0.05, 0) is 36.6 Å². The summed E-state index contributed by atoms with van der Waals surface area (Å²) in [6.07, 6.45) is 0. The van der Waals surface area contributed by atoms with Gasteiger partial charge in [-0.15, -0.1) is 10.2 Å². The summed E-state index contributed by atoms with van der Waals surface area (Å²) in [7, 11) is 0. The fourth-order valence-electron chi connectivity index (χ4n) is 2.92. The van der Waals surface area contributed by atoms with Crippen LogP contribution in [0, 0.1) is 11.2 Å². The molecule has 7 heteroatoms. The molecule has 0 aliphatic heterocycles. The van der Waals surface area contributed by atoms with Gasteiger partial charge in [-0.1, -0.05) is 56.3 Å². The number of tetrazole rings is 1. The van der Waals surface area contributed by atoms with Crippen molar-refractivity contribution >= 4 is 5.91 Å². The van der Waals surface area contributed by atoms with Gasteiger partial charge < -0.3 is 5.32 Å². The predicted molar refractivity (Wildman–Crippen MR) is 109 cm³/mol. The Kier molecular flexibility index (Phi) is 6.06. The number of carbonyl (C=O) groups excluding carboxylic acids is 1. The molecule has 1 amide bonds. The summed E-state index contributed by atoms with van der Waals surface area (Å²) in [5.74, 6) is 0.428. The molecule has 0 saturated carbocycles. The fourth-order valence-corrected chi connectivity index (χ4v) is 2.92. The second-order valence-corrected chi connectivity index (χ2v) is 8.08. The van der Waals surface area contributed by atoms with Crippen molar-refractivity contribution in [3.05, 3.63) is 65.5 Å². The largest absolute Gasteiger partial charge is 0.351 e. The molecule has 0 fully saturated rings. The number of aromatic nitrogens is 4. The van der Waals surface area contributed by atoms with Crippen LogP contribution in [0.2, 0.25) is 0 Å². The van der Waals surface area contributed by atoms with Crippen LogP contribution in [-0.4, -0.2) is 26.1 Å². The molecule has 1 heterocycles. The van der Waals surface area contributed by atoms with E-state index in [0.29, 0.717) is 17.3 Å². The average Bonchev–Trinajstić information content (AvgIpc) is 3.15. The second kappa shape index (κ2) is 8.51. The third kappa shape index (κ3) is 5.04. The third-order valence-corrected chi connectivity index (χ3v) is 4.84. The van der Waals surface area contributed by atoms with Crippen LogP contribution in [0.15, 0.2) is 48.5 Å². The number of amides is 1. The molecule has 0 aliphatic rings. The Bertz CT molecular complexity index is 979. The maximum absolute atomic E-state index is 13.7. The number of benzene rings is 2. The fraction of sp³-hybridized carbons (Fsp3) is 0.364. The highest BCUT2D eigenvalue weighted by molar-refractivity contribution is 5.81. The zero-order chi connectivity index (χ0) is 21.0. The number of rotatable bonds is 7. The van der Waals surface area contributed by atoms with Gasteiger partial charge in [0.05, 0.1) is 12.0 Å². The van der Waals surface area contributed by atoms with Crippen LogP contribution in [0.4, 0.5) is 4.39 Å². The van der Waals surface area contributed by atoms with E-state index < -0.39 is 5.41 Å². The lowest BCUT2D eigenvalue weighted by atomic mass is 9.92. The van der Waals surface area contributed by atoms with Crippen LogP contribution in [0.25, 0.3) is 11.4 Å². The zero-order valence-corrected chi connectivity index (χ0v) is 17.2. The van der Waals surface area contributed by atoms with Crippen LogP contribution in [-0.2, 0) is 17.9 Å². The first-order chi connectivity index (χ1) is 13.8. The molecule has 1 aromatic heterocycles. The van der Waals surface area contributed by atoms with Crippen LogP contribution in [0.5, 0.6) is 0 Å². The third-order valence-electron chi connectivity index (χ3n) is 4.84. The van der Waals surface area contributed by atoms with Crippen molar-refractivity contribution in [2.45, 2.75) is 46.7 Å². The molecule has 0 atom stereocenters. The maximum atomic E-state index is 13.7. The first kappa shape index (κ1) is 20.6. The summed E-state index contributed by atoms with van der Waals surface area (Å²) >= 11 is 0. The van der Waals surface area contributed by atoms with Crippen molar-refractivity contribution in [1.82, 2.24) is 25.5 Å². The highest BCUT2D eigenvalue weighted by Crippen LogP contribution is 2.21. The molecule has 2 aromatic carbocycles. The summed E-state index contributed by atoms with van der Waals surface area (Å²) in [5.41, 5.74) is 1.78. The summed E-state index contributed by atoms with van der Waals surface area (Å²) in [6.45, 7) is 8.26. The monoisotopic (exact) mass is 395 g/mol. The molecule has 0 aliphatic carbocycles. The molecule has 3 rings (SSSR count). The first-order valence-electron chi connectivity index (χ1n) is 9.66. The summed E-state index contributed by atoms with van der Waals surface area (Å²) in [6, 6.07) is 14.5. The first-order valence-corrected chi connectivity index (χ1v) is 9.66. The quantitative estimate of drug-likeness (QED) is 0.658. The molecule has 0 saturated heterocycles. The lowest BCUT2D eigenvalue weighted by Gasteiger charge is -2.22. The smallest absolute Gasteiger partial charge is 0.227 e. The van der Waals surface area contributed by atoms with Gasteiger partial charge in [0.25, 0.3) is 0 Å². The summed E-state index contributed by atoms with van der Waals surface area (Å²) in [4.78, 5) is 14.0. The van der Waals surface area contributed by atoms with Gasteiger partial charge in [0.1, 0.15) is 5.82 Å². The summed E-state index contributed by atoms with van der Waals surface area (Å²) < 4.78 is 13.7. The van der Waals surface area contributed by atoms with Crippen molar-refractivity contribution in [3.63, 3.8) is 0 Å². The van der Waals surface area contributed by atoms with Crippen molar-refractivity contribution in [1.29, 1.82) is 0 Å². The molecule has 0 radical (unpaired) electrons.